The number of carboxylic acids is 1. The Labute approximate surface area is 195 Å². The van der Waals surface area contributed by atoms with Crippen LogP contribution in [0.25, 0.3) is 22.5 Å². The predicted octanol–water partition coefficient (Wildman–Crippen LogP) is 5.99. The van der Waals surface area contributed by atoms with Gasteiger partial charge in [-0.15, -0.1) is 0 Å². The maximum Gasteiger partial charge on any atom is 0.307 e. The Balaban J connectivity index is 1.65. The van der Waals surface area contributed by atoms with Gasteiger partial charge in [-0.3, -0.25) is 4.79 Å². The highest BCUT2D eigenvalue weighted by Crippen LogP contribution is 2.35. The summed E-state index contributed by atoms with van der Waals surface area (Å²) in [5, 5.41) is 8.76. The molecule has 0 amide bonds. The van der Waals surface area contributed by atoms with Crippen LogP contribution in [0.4, 0.5) is 5.82 Å². The van der Waals surface area contributed by atoms with Crippen LogP contribution in [0.3, 0.4) is 0 Å². The molecule has 0 bridgehead atoms. The quantitative estimate of drug-likeness (QED) is 0.343. The van der Waals surface area contributed by atoms with Gasteiger partial charge in [0.15, 0.2) is 5.82 Å². The zero-order chi connectivity index (χ0) is 23.2. The first kappa shape index (κ1) is 22.7. The van der Waals surface area contributed by atoms with Crippen molar-refractivity contribution in [2.24, 2.45) is 0 Å². The second-order valence-corrected chi connectivity index (χ2v) is 8.73. The van der Waals surface area contributed by atoms with E-state index in [1.807, 2.05) is 6.08 Å². The summed E-state index contributed by atoms with van der Waals surface area (Å²) in [5.74, 6) is 0.196. The molecule has 0 saturated heterocycles. The average Bonchev–Trinajstić information content (AvgIpc) is 2.81. The summed E-state index contributed by atoms with van der Waals surface area (Å²) in [6, 6.07) is 17.0. The highest BCUT2D eigenvalue weighted by Gasteiger charge is 2.23. The Hall–Kier alpha value is -3.47. The first-order chi connectivity index (χ1) is 16.0. The summed E-state index contributed by atoms with van der Waals surface area (Å²) < 4.78 is 0. The average molecular weight is 442 g/mol. The minimum absolute atomic E-state index is 0.0831. The van der Waals surface area contributed by atoms with Gasteiger partial charge in [-0.1, -0.05) is 71.8 Å². The molecule has 170 valence electrons. The van der Waals surface area contributed by atoms with Crippen LogP contribution < -0.4 is 4.90 Å². The summed E-state index contributed by atoms with van der Waals surface area (Å²) >= 11 is 0. The van der Waals surface area contributed by atoms with Crippen LogP contribution in [-0.2, 0) is 11.2 Å². The number of aliphatic carboxylic acids is 1. The van der Waals surface area contributed by atoms with E-state index in [9.17, 15) is 4.79 Å². The van der Waals surface area contributed by atoms with Gasteiger partial charge in [0, 0.05) is 24.2 Å². The summed E-state index contributed by atoms with van der Waals surface area (Å²) in [4.78, 5) is 23.4. The second kappa shape index (κ2) is 10.4. The number of hydrogen-bond donors (Lipinski definition) is 1. The number of nitrogens with zero attached hydrogens (tertiary/aromatic N) is 3. The molecule has 0 radical (unpaired) electrons. The molecule has 0 atom stereocenters. The summed E-state index contributed by atoms with van der Waals surface area (Å²) in [5.41, 5.74) is 7.54. The molecule has 1 aliphatic heterocycles. The SMILES string of the molecule is Cc1ccc(-c2nc3c(nc2-c2ccc(C)cc2)N(CCC/C=C/CC(=O)O)CCC3)cc1. The van der Waals surface area contributed by atoms with Gasteiger partial charge in [0.05, 0.1) is 23.5 Å². The third-order valence-electron chi connectivity index (χ3n) is 6.00. The molecule has 5 nitrogen and oxygen atoms in total. The predicted molar refractivity (Wildman–Crippen MR) is 134 cm³/mol. The lowest BCUT2D eigenvalue weighted by Crippen LogP contribution is -2.32. The number of rotatable bonds is 8. The zero-order valence-electron chi connectivity index (χ0n) is 19.4. The highest BCUT2D eigenvalue weighted by molar-refractivity contribution is 5.79. The monoisotopic (exact) mass is 441 g/mol. The van der Waals surface area contributed by atoms with Gasteiger partial charge in [0.2, 0.25) is 0 Å². The van der Waals surface area contributed by atoms with E-state index in [4.69, 9.17) is 15.1 Å². The normalized spacial score (nSPS) is 13.3. The Morgan fingerprint density at radius 3 is 2.15 bits per heavy atom. The molecule has 0 unspecified atom stereocenters. The van der Waals surface area contributed by atoms with Gasteiger partial charge < -0.3 is 10.0 Å². The van der Waals surface area contributed by atoms with Crippen LogP contribution >= 0.6 is 0 Å². The lowest BCUT2D eigenvalue weighted by molar-refractivity contribution is -0.136. The molecular formula is C28H31N3O2. The molecule has 0 fully saturated rings. The third-order valence-corrected chi connectivity index (χ3v) is 6.00. The number of anilines is 1. The molecule has 1 N–H and O–H groups in total. The molecule has 3 aromatic rings. The highest BCUT2D eigenvalue weighted by atomic mass is 16.4. The fourth-order valence-corrected chi connectivity index (χ4v) is 4.17. The number of carboxylic acid groups (broad SMARTS) is 1. The number of aromatic nitrogens is 2. The smallest absolute Gasteiger partial charge is 0.307 e. The number of aryl methyl sites for hydroxylation is 3. The lowest BCUT2D eigenvalue weighted by Gasteiger charge is -2.30. The molecule has 2 heterocycles. The van der Waals surface area contributed by atoms with Crippen molar-refractivity contribution in [1.82, 2.24) is 9.97 Å². The van der Waals surface area contributed by atoms with Gasteiger partial charge in [-0.2, -0.15) is 0 Å². The maximum absolute atomic E-state index is 10.7. The second-order valence-electron chi connectivity index (χ2n) is 8.73. The Kier molecular flexibility index (Phi) is 7.18. The molecule has 5 heteroatoms. The minimum Gasteiger partial charge on any atom is -0.481 e. The lowest BCUT2D eigenvalue weighted by atomic mass is 10.0. The molecule has 0 aliphatic carbocycles. The molecule has 2 aromatic carbocycles. The van der Waals surface area contributed by atoms with E-state index >= 15 is 0 Å². The van der Waals surface area contributed by atoms with E-state index < -0.39 is 5.97 Å². The van der Waals surface area contributed by atoms with E-state index in [-0.39, 0.29) is 6.42 Å². The van der Waals surface area contributed by atoms with Crippen LogP contribution in [-0.4, -0.2) is 34.1 Å². The largest absolute Gasteiger partial charge is 0.481 e. The summed E-state index contributed by atoms with van der Waals surface area (Å²) in [6.07, 6.45) is 7.59. The van der Waals surface area contributed by atoms with Crippen LogP contribution in [0.2, 0.25) is 0 Å². The Morgan fingerprint density at radius 1 is 0.939 bits per heavy atom. The molecule has 33 heavy (non-hydrogen) atoms. The topological polar surface area (TPSA) is 66.3 Å². The van der Waals surface area contributed by atoms with Crippen LogP contribution in [0, 0.1) is 13.8 Å². The number of allylic oxidation sites excluding steroid dienone is 1. The number of fused-ring (bicyclic) bond motifs is 1. The minimum atomic E-state index is -0.792. The maximum atomic E-state index is 10.7. The van der Waals surface area contributed by atoms with Crippen molar-refractivity contribution < 1.29 is 9.90 Å². The van der Waals surface area contributed by atoms with Gasteiger partial charge in [0.1, 0.15) is 0 Å². The van der Waals surface area contributed by atoms with E-state index in [1.165, 1.54) is 11.1 Å². The summed E-state index contributed by atoms with van der Waals surface area (Å²) in [7, 11) is 0. The number of carbonyl (C=O) groups is 1. The van der Waals surface area contributed by atoms with Gasteiger partial charge in [-0.25, -0.2) is 9.97 Å². The van der Waals surface area contributed by atoms with Gasteiger partial charge >= 0.3 is 5.97 Å². The van der Waals surface area contributed by atoms with Gasteiger partial charge in [0.25, 0.3) is 0 Å². The van der Waals surface area contributed by atoms with Crippen molar-refractivity contribution in [2.45, 2.75) is 46.0 Å². The first-order valence-electron chi connectivity index (χ1n) is 11.7. The fraction of sp³-hybridized carbons (Fsp3) is 0.321. The van der Waals surface area contributed by atoms with E-state index in [2.05, 4.69) is 67.3 Å². The van der Waals surface area contributed by atoms with Crippen molar-refractivity contribution in [1.29, 1.82) is 0 Å². The van der Waals surface area contributed by atoms with Gasteiger partial charge in [-0.05, 0) is 39.5 Å². The molecule has 0 saturated carbocycles. The van der Waals surface area contributed by atoms with Crippen molar-refractivity contribution in [3.63, 3.8) is 0 Å². The summed E-state index contributed by atoms with van der Waals surface area (Å²) in [6.45, 7) is 6.04. The number of hydrogen-bond acceptors (Lipinski definition) is 4. The molecular weight excluding hydrogens is 410 g/mol. The van der Waals surface area contributed by atoms with Crippen molar-refractivity contribution in [3.05, 3.63) is 77.5 Å². The first-order valence-corrected chi connectivity index (χ1v) is 11.7. The number of unbranched alkanes of at least 4 members (excludes halogenated alkanes) is 1. The fourth-order valence-electron chi connectivity index (χ4n) is 4.17. The molecule has 1 aliphatic rings. The Morgan fingerprint density at radius 2 is 1.55 bits per heavy atom. The van der Waals surface area contributed by atoms with Crippen molar-refractivity contribution in [3.8, 4) is 22.5 Å². The zero-order valence-corrected chi connectivity index (χ0v) is 19.4. The third kappa shape index (κ3) is 5.67. The van der Waals surface area contributed by atoms with Crippen LogP contribution in [0.5, 0.6) is 0 Å². The molecule has 1 aromatic heterocycles. The van der Waals surface area contributed by atoms with Crippen LogP contribution in [0.1, 0.15) is 42.5 Å². The Bertz CT molecular complexity index is 1140. The van der Waals surface area contributed by atoms with E-state index in [0.717, 1.165) is 72.8 Å². The van der Waals surface area contributed by atoms with Crippen LogP contribution in [0.15, 0.2) is 60.7 Å². The molecule has 4 rings (SSSR count). The molecule has 0 spiro atoms. The van der Waals surface area contributed by atoms with E-state index in [1.54, 1.807) is 6.08 Å². The van der Waals surface area contributed by atoms with Crippen molar-refractivity contribution >= 4 is 11.8 Å². The standard InChI is InChI=1S/C28H31N3O2/c1-20-10-14-22(15-11-20)26-27(23-16-12-21(2)13-17-23)30-28-24(29-26)8-7-19-31(28)18-6-4-3-5-9-25(32)33/h3,5,10-17H,4,6-9,18-19H2,1-2H3,(H,32,33)/b5-3+. The van der Waals surface area contributed by atoms with E-state index in [0.29, 0.717) is 0 Å². The van der Waals surface area contributed by atoms with Crippen molar-refractivity contribution in [2.75, 3.05) is 18.0 Å². The number of benzene rings is 2.